The van der Waals surface area contributed by atoms with Gasteiger partial charge in [-0.2, -0.15) is 0 Å². The van der Waals surface area contributed by atoms with E-state index in [0.717, 1.165) is 30.0 Å². The minimum atomic E-state index is -0.104. The molecule has 1 aliphatic heterocycles. The molecule has 0 bridgehead atoms. The maximum absolute atomic E-state index is 12.5. The summed E-state index contributed by atoms with van der Waals surface area (Å²) in [6, 6.07) is 7.82. The summed E-state index contributed by atoms with van der Waals surface area (Å²) in [6.07, 6.45) is 2.95. The second-order valence-electron chi connectivity index (χ2n) is 6.97. The predicted molar refractivity (Wildman–Crippen MR) is 87.7 cm³/mol. The Morgan fingerprint density at radius 2 is 2.26 bits per heavy atom. The highest BCUT2D eigenvalue weighted by Gasteiger charge is 2.59. The number of piperidine rings is 1. The zero-order chi connectivity index (χ0) is 16.0. The average molecular weight is 313 g/mol. The minimum Gasteiger partial charge on any atom is -0.388 e. The van der Waals surface area contributed by atoms with Gasteiger partial charge in [-0.15, -0.1) is 0 Å². The van der Waals surface area contributed by atoms with Crippen LogP contribution in [-0.4, -0.2) is 38.6 Å². The zero-order valence-electron chi connectivity index (χ0n) is 13.5. The van der Waals surface area contributed by atoms with Crippen LogP contribution in [0.25, 0.3) is 11.0 Å². The first-order valence-electron chi connectivity index (χ1n) is 8.49. The van der Waals surface area contributed by atoms with Gasteiger partial charge in [0.2, 0.25) is 5.91 Å². The number of fused-ring (bicyclic) bond motifs is 2. The molecule has 1 N–H and O–H groups in total. The number of aromatic nitrogens is 2. The van der Waals surface area contributed by atoms with Crippen LogP contribution in [-0.2, 0) is 17.9 Å². The molecule has 1 aromatic heterocycles. The first kappa shape index (κ1) is 14.7. The smallest absolute Gasteiger partial charge is 0.224 e. The van der Waals surface area contributed by atoms with Crippen LogP contribution < -0.4 is 0 Å². The third-order valence-electron chi connectivity index (χ3n) is 5.79. The second-order valence-corrected chi connectivity index (χ2v) is 6.97. The molecule has 23 heavy (non-hydrogen) atoms. The maximum atomic E-state index is 12.5. The van der Waals surface area contributed by atoms with Crippen LogP contribution >= 0.6 is 0 Å². The van der Waals surface area contributed by atoms with Gasteiger partial charge in [0, 0.05) is 26.1 Å². The fourth-order valence-corrected chi connectivity index (χ4v) is 4.19. The number of aliphatic hydroxyl groups excluding tert-OH is 1. The molecular formula is C18H23N3O2. The third-order valence-corrected chi connectivity index (χ3v) is 5.79. The molecule has 2 fully saturated rings. The van der Waals surface area contributed by atoms with E-state index in [1.54, 1.807) is 0 Å². The number of amides is 1. The molecular weight excluding hydrogens is 290 g/mol. The highest BCUT2D eigenvalue weighted by Crippen LogP contribution is 2.59. The maximum Gasteiger partial charge on any atom is 0.224 e. The number of aliphatic hydroxyl groups is 1. The van der Waals surface area contributed by atoms with E-state index in [9.17, 15) is 9.90 Å². The number of hydrogen-bond donors (Lipinski definition) is 1. The van der Waals surface area contributed by atoms with Crippen LogP contribution in [0.15, 0.2) is 24.3 Å². The monoisotopic (exact) mass is 313 g/mol. The number of para-hydroxylation sites is 2. The van der Waals surface area contributed by atoms with Gasteiger partial charge in [0.25, 0.3) is 0 Å². The lowest BCUT2D eigenvalue weighted by Crippen LogP contribution is -2.32. The van der Waals surface area contributed by atoms with E-state index in [1.165, 1.54) is 12.8 Å². The number of rotatable bonds is 5. The third kappa shape index (κ3) is 2.34. The summed E-state index contributed by atoms with van der Waals surface area (Å²) in [4.78, 5) is 19.0. The molecule has 1 amide bonds. The van der Waals surface area contributed by atoms with Crippen molar-refractivity contribution in [2.45, 2.75) is 39.3 Å². The Labute approximate surface area is 135 Å². The van der Waals surface area contributed by atoms with Crippen LogP contribution in [0.4, 0.5) is 0 Å². The SMILES string of the molecule is CCC12CC1CN(C(=O)CCn1c(CO)nc3ccccc31)C2. The van der Waals surface area contributed by atoms with Crippen LogP contribution in [0.1, 0.15) is 32.0 Å². The van der Waals surface area contributed by atoms with Gasteiger partial charge in [-0.05, 0) is 36.3 Å². The average Bonchev–Trinajstić information content (AvgIpc) is 2.97. The number of carbonyl (C=O) groups excluding carboxylic acids is 1. The fraction of sp³-hybridized carbons (Fsp3) is 0.556. The molecule has 2 aliphatic rings. The molecule has 122 valence electrons. The molecule has 0 spiro atoms. The van der Waals surface area contributed by atoms with Gasteiger partial charge in [0.1, 0.15) is 12.4 Å². The van der Waals surface area contributed by atoms with E-state index in [-0.39, 0.29) is 12.5 Å². The lowest BCUT2D eigenvalue weighted by atomic mass is 10.0. The summed E-state index contributed by atoms with van der Waals surface area (Å²) >= 11 is 0. The summed E-state index contributed by atoms with van der Waals surface area (Å²) in [7, 11) is 0. The number of imidazole rings is 1. The van der Waals surface area contributed by atoms with E-state index in [2.05, 4.69) is 11.9 Å². The first-order valence-corrected chi connectivity index (χ1v) is 8.49. The zero-order valence-corrected chi connectivity index (χ0v) is 13.5. The van der Waals surface area contributed by atoms with E-state index >= 15 is 0 Å². The van der Waals surface area contributed by atoms with E-state index in [0.29, 0.717) is 24.2 Å². The molecule has 2 atom stereocenters. The summed E-state index contributed by atoms with van der Waals surface area (Å²) in [5.41, 5.74) is 2.29. The van der Waals surface area contributed by atoms with Crippen molar-refractivity contribution in [3.05, 3.63) is 30.1 Å². The van der Waals surface area contributed by atoms with Crippen LogP contribution in [0, 0.1) is 11.3 Å². The van der Waals surface area contributed by atoms with E-state index in [1.807, 2.05) is 33.7 Å². The molecule has 5 heteroatoms. The summed E-state index contributed by atoms with van der Waals surface area (Å²) in [5.74, 6) is 1.60. The highest BCUT2D eigenvalue weighted by atomic mass is 16.3. The van der Waals surface area contributed by atoms with Crippen LogP contribution in [0.5, 0.6) is 0 Å². The molecule has 5 nitrogen and oxygen atoms in total. The Bertz CT molecular complexity index is 750. The lowest BCUT2D eigenvalue weighted by molar-refractivity contribution is -0.131. The van der Waals surface area contributed by atoms with Crippen molar-refractivity contribution < 1.29 is 9.90 Å². The second kappa shape index (κ2) is 5.34. The van der Waals surface area contributed by atoms with Gasteiger partial charge in [-0.1, -0.05) is 19.1 Å². The van der Waals surface area contributed by atoms with Crippen molar-refractivity contribution in [3.63, 3.8) is 0 Å². The number of nitrogens with zero attached hydrogens (tertiary/aromatic N) is 3. The number of carbonyl (C=O) groups is 1. The van der Waals surface area contributed by atoms with Gasteiger partial charge in [-0.3, -0.25) is 4.79 Å². The molecule has 2 unspecified atom stereocenters. The summed E-state index contributed by atoms with van der Waals surface area (Å²) in [6.45, 7) is 4.58. The largest absolute Gasteiger partial charge is 0.388 e. The normalized spacial score (nSPS) is 25.8. The van der Waals surface area contributed by atoms with Gasteiger partial charge in [0.05, 0.1) is 11.0 Å². The molecule has 0 radical (unpaired) electrons. The van der Waals surface area contributed by atoms with Crippen molar-refractivity contribution in [3.8, 4) is 0 Å². The van der Waals surface area contributed by atoms with Crippen molar-refractivity contribution in [1.82, 2.24) is 14.5 Å². The van der Waals surface area contributed by atoms with E-state index in [4.69, 9.17) is 0 Å². The Morgan fingerprint density at radius 3 is 3.00 bits per heavy atom. The first-order chi connectivity index (χ1) is 11.2. The Morgan fingerprint density at radius 1 is 1.43 bits per heavy atom. The molecule has 1 saturated carbocycles. The molecule has 2 aromatic rings. The minimum absolute atomic E-state index is 0.104. The number of aryl methyl sites for hydroxylation is 1. The molecule has 1 aliphatic carbocycles. The van der Waals surface area contributed by atoms with Gasteiger partial charge >= 0.3 is 0 Å². The Balaban J connectivity index is 1.46. The highest BCUT2D eigenvalue weighted by molar-refractivity contribution is 5.78. The topological polar surface area (TPSA) is 58.4 Å². The van der Waals surface area contributed by atoms with Gasteiger partial charge < -0.3 is 14.6 Å². The Hall–Kier alpha value is -1.88. The standard InChI is InChI=1S/C18H23N3O2/c1-2-18-9-13(18)10-20(12-18)17(23)7-8-21-15-6-4-3-5-14(15)19-16(21)11-22/h3-6,13,22H,2,7-12H2,1H3. The van der Waals surface area contributed by atoms with Crippen LogP contribution in [0.2, 0.25) is 0 Å². The lowest BCUT2D eigenvalue weighted by Gasteiger charge is -2.21. The summed E-state index contributed by atoms with van der Waals surface area (Å²) in [5, 5.41) is 9.52. The van der Waals surface area contributed by atoms with Gasteiger partial charge in [-0.25, -0.2) is 4.98 Å². The van der Waals surface area contributed by atoms with Gasteiger partial charge in [0.15, 0.2) is 0 Å². The number of likely N-dealkylation sites (tertiary alicyclic amines) is 1. The van der Waals surface area contributed by atoms with Crippen LogP contribution in [0.3, 0.4) is 0 Å². The number of benzene rings is 1. The Kier molecular flexibility index (Phi) is 3.41. The summed E-state index contributed by atoms with van der Waals surface area (Å²) < 4.78 is 1.97. The van der Waals surface area contributed by atoms with Crippen molar-refractivity contribution in [2.24, 2.45) is 11.3 Å². The predicted octanol–water partition coefficient (Wildman–Crippen LogP) is 2.18. The number of hydrogen-bond acceptors (Lipinski definition) is 3. The van der Waals surface area contributed by atoms with Crippen molar-refractivity contribution in [2.75, 3.05) is 13.1 Å². The fourth-order valence-electron chi connectivity index (χ4n) is 4.19. The van der Waals surface area contributed by atoms with Crippen molar-refractivity contribution in [1.29, 1.82) is 0 Å². The molecule has 1 saturated heterocycles. The quantitative estimate of drug-likeness (QED) is 0.920. The molecule has 4 rings (SSSR count). The molecule has 1 aromatic carbocycles. The van der Waals surface area contributed by atoms with E-state index < -0.39 is 0 Å². The van der Waals surface area contributed by atoms with Crippen molar-refractivity contribution >= 4 is 16.9 Å². The molecule has 2 heterocycles.